The molecule has 1 aliphatic rings. The van der Waals surface area contributed by atoms with Crippen molar-refractivity contribution in [1.82, 2.24) is 20.0 Å². The molecular formula is C23H28FN5O. The molecule has 2 aromatic heterocycles. The predicted molar refractivity (Wildman–Crippen MR) is 116 cm³/mol. The lowest BCUT2D eigenvalue weighted by Crippen LogP contribution is -2.39. The minimum atomic E-state index is -0.323. The molecule has 0 radical (unpaired) electrons. The van der Waals surface area contributed by atoms with Gasteiger partial charge in [0.2, 0.25) is 0 Å². The van der Waals surface area contributed by atoms with Crippen molar-refractivity contribution in [3.63, 3.8) is 0 Å². The number of halogens is 1. The first kappa shape index (κ1) is 20.2. The third-order valence-corrected chi connectivity index (χ3v) is 5.29. The van der Waals surface area contributed by atoms with Crippen molar-refractivity contribution >= 4 is 11.6 Å². The van der Waals surface area contributed by atoms with E-state index in [0.717, 1.165) is 23.3 Å². The van der Waals surface area contributed by atoms with Gasteiger partial charge in [-0.1, -0.05) is 12.1 Å². The number of rotatable bonds is 8. The second-order valence-corrected chi connectivity index (χ2v) is 7.76. The van der Waals surface area contributed by atoms with Crippen LogP contribution in [0.25, 0.3) is 5.65 Å². The number of ether oxygens (including phenoxy) is 1. The van der Waals surface area contributed by atoms with Crippen LogP contribution in [0.1, 0.15) is 37.1 Å². The highest BCUT2D eigenvalue weighted by Crippen LogP contribution is 2.30. The van der Waals surface area contributed by atoms with E-state index < -0.39 is 0 Å². The molecule has 0 spiro atoms. The first-order chi connectivity index (χ1) is 14.6. The average Bonchev–Trinajstić information content (AvgIpc) is 3.49. The Morgan fingerprint density at radius 3 is 2.93 bits per heavy atom. The monoisotopic (exact) mass is 409 g/mol. The molecule has 30 heavy (non-hydrogen) atoms. The minimum absolute atomic E-state index is 0.0987. The molecule has 1 aromatic carbocycles. The Balaban J connectivity index is 1.28. The molecule has 7 heteroatoms. The fourth-order valence-corrected chi connectivity index (χ4v) is 3.30. The molecule has 1 atom stereocenters. The van der Waals surface area contributed by atoms with Crippen molar-refractivity contribution in [2.45, 2.75) is 32.2 Å². The number of benzene rings is 1. The molecule has 0 saturated heterocycles. The number of fused-ring (bicyclic) bond motifs is 1. The maximum Gasteiger partial charge on any atom is 0.191 e. The van der Waals surface area contributed by atoms with Gasteiger partial charge in [0.25, 0.3) is 0 Å². The summed E-state index contributed by atoms with van der Waals surface area (Å²) in [5, 5.41) is 6.61. The van der Waals surface area contributed by atoms with Gasteiger partial charge in [0.05, 0.1) is 18.3 Å². The first-order valence-electron chi connectivity index (χ1n) is 10.4. The SMILES string of the molecule is CN=C(NCCc1cn2ccccc2n1)NC(C)c1ccc(OCC2CC2)c(F)c1. The maximum atomic E-state index is 14.4. The van der Waals surface area contributed by atoms with Gasteiger partial charge in [-0.2, -0.15) is 0 Å². The highest BCUT2D eigenvalue weighted by molar-refractivity contribution is 5.80. The standard InChI is InChI=1S/C23H28FN5O/c1-16(18-8-9-21(20(24)13-18)30-15-17-6-7-17)27-23(25-2)26-11-10-19-14-29-12-4-3-5-22(29)28-19/h3-5,8-9,12-14,16-17H,6-7,10-11,15H2,1-2H3,(H2,25,26,27). The van der Waals surface area contributed by atoms with Crippen molar-refractivity contribution in [3.8, 4) is 5.75 Å². The van der Waals surface area contributed by atoms with E-state index >= 15 is 0 Å². The van der Waals surface area contributed by atoms with Gasteiger partial charge in [0, 0.05) is 32.4 Å². The summed E-state index contributed by atoms with van der Waals surface area (Å²) in [5.74, 6) is 1.27. The molecule has 1 fully saturated rings. The van der Waals surface area contributed by atoms with E-state index in [1.165, 1.54) is 18.9 Å². The van der Waals surface area contributed by atoms with Gasteiger partial charge >= 0.3 is 0 Å². The van der Waals surface area contributed by atoms with Gasteiger partial charge in [-0.25, -0.2) is 9.37 Å². The molecule has 1 saturated carbocycles. The van der Waals surface area contributed by atoms with E-state index in [1.807, 2.05) is 48.0 Å². The van der Waals surface area contributed by atoms with Crippen LogP contribution in [0, 0.1) is 11.7 Å². The minimum Gasteiger partial charge on any atom is -0.490 e. The van der Waals surface area contributed by atoms with Crippen molar-refractivity contribution in [3.05, 3.63) is 65.9 Å². The van der Waals surface area contributed by atoms with Gasteiger partial charge in [-0.3, -0.25) is 4.99 Å². The summed E-state index contributed by atoms with van der Waals surface area (Å²) < 4.78 is 22.0. The molecule has 6 nitrogen and oxygen atoms in total. The zero-order valence-electron chi connectivity index (χ0n) is 17.4. The Labute approximate surface area is 176 Å². The van der Waals surface area contributed by atoms with Gasteiger partial charge in [-0.15, -0.1) is 0 Å². The number of hydrogen-bond acceptors (Lipinski definition) is 3. The quantitative estimate of drug-likeness (QED) is 0.440. The fourth-order valence-electron chi connectivity index (χ4n) is 3.30. The summed E-state index contributed by atoms with van der Waals surface area (Å²) >= 11 is 0. The largest absolute Gasteiger partial charge is 0.490 e. The Kier molecular flexibility index (Phi) is 6.16. The second kappa shape index (κ2) is 9.15. The lowest BCUT2D eigenvalue weighted by atomic mass is 10.1. The van der Waals surface area contributed by atoms with E-state index in [1.54, 1.807) is 13.1 Å². The first-order valence-corrected chi connectivity index (χ1v) is 10.4. The highest BCUT2D eigenvalue weighted by atomic mass is 19.1. The Morgan fingerprint density at radius 2 is 2.20 bits per heavy atom. The van der Waals surface area contributed by atoms with Crippen LogP contribution in [-0.2, 0) is 6.42 Å². The number of aliphatic imine (C=N–C) groups is 1. The van der Waals surface area contributed by atoms with Crippen LogP contribution in [0.15, 0.2) is 53.8 Å². The molecule has 158 valence electrons. The van der Waals surface area contributed by atoms with Crippen LogP contribution in [0.5, 0.6) is 5.75 Å². The number of imidazole rings is 1. The topological polar surface area (TPSA) is 63.0 Å². The number of nitrogens with one attached hydrogen (secondary N) is 2. The summed E-state index contributed by atoms with van der Waals surface area (Å²) in [6, 6.07) is 11.0. The summed E-state index contributed by atoms with van der Waals surface area (Å²) in [7, 11) is 1.72. The Bertz CT molecular complexity index is 994. The number of guanidine groups is 1. The van der Waals surface area contributed by atoms with Crippen LogP contribution < -0.4 is 15.4 Å². The summed E-state index contributed by atoms with van der Waals surface area (Å²) in [6.07, 6.45) is 7.17. The van der Waals surface area contributed by atoms with Crippen LogP contribution in [0.4, 0.5) is 4.39 Å². The van der Waals surface area contributed by atoms with E-state index in [0.29, 0.717) is 30.8 Å². The van der Waals surface area contributed by atoms with Crippen molar-refractivity contribution in [2.75, 3.05) is 20.2 Å². The fraction of sp³-hybridized carbons (Fsp3) is 0.391. The van der Waals surface area contributed by atoms with Crippen LogP contribution in [0.3, 0.4) is 0 Å². The van der Waals surface area contributed by atoms with Gasteiger partial charge < -0.3 is 19.8 Å². The van der Waals surface area contributed by atoms with Crippen molar-refractivity contribution < 1.29 is 9.13 Å². The molecule has 4 rings (SSSR count). The average molecular weight is 410 g/mol. The molecule has 2 heterocycles. The number of aromatic nitrogens is 2. The summed E-state index contributed by atoms with van der Waals surface area (Å²) in [4.78, 5) is 8.87. The number of nitrogens with zero attached hydrogens (tertiary/aromatic N) is 3. The third-order valence-electron chi connectivity index (χ3n) is 5.29. The van der Waals surface area contributed by atoms with Crippen LogP contribution in [0.2, 0.25) is 0 Å². The zero-order chi connectivity index (χ0) is 20.9. The maximum absolute atomic E-state index is 14.4. The van der Waals surface area contributed by atoms with Gasteiger partial charge in [0.15, 0.2) is 17.5 Å². The molecular weight excluding hydrogens is 381 g/mol. The van der Waals surface area contributed by atoms with E-state index in [4.69, 9.17) is 4.74 Å². The molecule has 3 aromatic rings. The predicted octanol–water partition coefficient (Wildman–Crippen LogP) is 3.73. The smallest absolute Gasteiger partial charge is 0.191 e. The van der Waals surface area contributed by atoms with Gasteiger partial charge in [-0.05, 0) is 55.5 Å². The lowest BCUT2D eigenvalue weighted by Gasteiger charge is -2.19. The number of hydrogen-bond donors (Lipinski definition) is 2. The Hall–Kier alpha value is -3.09. The normalized spacial score (nSPS) is 15.2. The summed E-state index contributed by atoms with van der Waals surface area (Å²) in [5.41, 5.74) is 2.80. The van der Waals surface area contributed by atoms with Crippen LogP contribution in [-0.4, -0.2) is 35.5 Å². The van der Waals surface area contributed by atoms with Crippen LogP contribution >= 0.6 is 0 Å². The molecule has 0 aliphatic heterocycles. The highest BCUT2D eigenvalue weighted by Gasteiger charge is 2.22. The number of pyridine rings is 1. The van der Waals surface area contributed by atoms with E-state index in [2.05, 4.69) is 20.6 Å². The summed E-state index contributed by atoms with van der Waals surface area (Å²) in [6.45, 7) is 3.28. The lowest BCUT2D eigenvalue weighted by molar-refractivity contribution is 0.285. The van der Waals surface area contributed by atoms with Gasteiger partial charge in [0.1, 0.15) is 5.65 Å². The molecule has 1 unspecified atom stereocenters. The zero-order valence-corrected chi connectivity index (χ0v) is 17.4. The van der Waals surface area contributed by atoms with Crippen molar-refractivity contribution in [1.29, 1.82) is 0 Å². The van der Waals surface area contributed by atoms with E-state index in [9.17, 15) is 4.39 Å². The molecule has 0 amide bonds. The second-order valence-electron chi connectivity index (χ2n) is 7.76. The Morgan fingerprint density at radius 1 is 1.33 bits per heavy atom. The molecule has 0 bridgehead atoms. The molecule has 2 N–H and O–H groups in total. The third kappa shape index (κ3) is 5.09. The van der Waals surface area contributed by atoms with E-state index in [-0.39, 0.29) is 11.9 Å². The molecule has 1 aliphatic carbocycles. The van der Waals surface area contributed by atoms with Crippen molar-refractivity contribution in [2.24, 2.45) is 10.9 Å².